The van der Waals surface area contributed by atoms with Crippen LogP contribution >= 0.6 is 0 Å². The Balaban J connectivity index is 2.36. The van der Waals surface area contributed by atoms with Crippen molar-refractivity contribution in [3.8, 4) is 0 Å². The summed E-state index contributed by atoms with van der Waals surface area (Å²) in [6.07, 6.45) is -0.729. The molecule has 3 nitrogen and oxygen atoms in total. The number of nitrogens with zero attached hydrogens (tertiary/aromatic N) is 1. The maximum atomic E-state index is 10.1. The van der Waals surface area contributed by atoms with Gasteiger partial charge in [0, 0.05) is 6.92 Å². The maximum absolute atomic E-state index is 10.1. The van der Waals surface area contributed by atoms with E-state index in [1.807, 2.05) is 37.3 Å². The molecule has 0 aliphatic heterocycles. The molecule has 0 aliphatic carbocycles. The Kier molecular flexibility index (Phi) is 2.56. The van der Waals surface area contributed by atoms with E-state index in [-0.39, 0.29) is 0 Å². The number of rotatable bonds is 2. The minimum absolute atomic E-state index is 0.527. The fourth-order valence-electron chi connectivity index (χ4n) is 1.59. The molecule has 0 aliphatic rings. The number of oxazole rings is 1. The van der Waals surface area contributed by atoms with E-state index in [0.29, 0.717) is 11.7 Å². The highest BCUT2D eigenvalue weighted by Crippen LogP contribution is 2.24. The first-order chi connectivity index (χ1) is 7.18. The molecule has 0 spiro atoms. The summed E-state index contributed by atoms with van der Waals surface area (Å²) < 4.78 is 5.37. The molecule has 0 radical (unpaired) electrons. The van der Waals surface area contributed by atoms with Crippen LogP contribution in [0.15, 0.2) is 34.7 Å². The van der Waals surface area contributed by atoms with Crippen molar-refractivity contribution < 1.29 is 9.52 Å². The van der Waals surface area contributed by atoms with Crippen LogP contribution in [0.1, 0.15) is 29.0 Å². The van der Waals surface area contributed by atoms with Crippen molar-refractivity contribution in [3.05, 3.63) is 53.2 Å². The third-order valence-corrected chi connectivity index (χ3v) is 2.30. The van der Waals surface area contributed by atoms with Crippen LogP contribution in [0.2, 0.25) is 0 Å². The summed E-state index contributed by atoms with van der Waals surface area (Å²) in [6.45, 7) is 3.60. The van der Waals surface area contributed by atoms with Gasteiger partial charge in [0.15, 0.2) is 11.7 Å². The number of aliphatic hydroxyl groups excluding tert-OH is 1. The van der Waals surface area contributed by atoms with Gasteiger partial charge in [0.25, 0.3) is 0 Å². The summed E-state index contributed by atoms with van der Waals surface area (Å²) in [7, 11) is 0. The van der Waals surface area contributed by atoms with Gasteiger partial charge >= 0.3 is 0 Å². The molecule has 1 atom stereocenters. The minimum Gasteiger partial charge on any atom is -0.443 e. The lowest BCUT2D eigenvalue weighted by atomic mass is 10.1. The summed E-state index contributed by atoms with van der Waals surface area (Å²) in [5.41, 5.74) is 1.56. The monoisotopic (exact) mass is 203 g/mol. The number of benzene rings is 1. The van der Waals surface area contributed by atoms with Crippen LogP contribution in [0, 0.1) is 13.8 Å². The SMILES string of the molecule is Cc1nc(C)c(C(O)c2ccccc2)o1. The lowest BCUT2D eigenvalue weighted by molar-refractivity contribution is 0.186. The first-order valence-corrected chi connectivity index (χ1v) is 4.85. The van der Waals surface area contributed by atoms with Gasteiger partial charge in [-0.05, 0) is 12.5 Å². The van der Waals surface area contributed by atoms with Crippen LogP contribution in [0.25, 0.3) is 0 Å². The topological polar surface area (TPSA) is 46.3 Å². The van der Waals surface area contributed by atoms with Crippen LogP contribution in [-0.2, 0) is 0 Å². The smallest absolute Gasteiger partial charge is 0.191 e. The minimum atomic E-state index is -0.729. The maximum Gasteiger partial charge on any atom is 0.191 e. The second-order valence-electron chi connectivity index (χ2n) is 3.50. The number of hydrogen-bond donors (Lipinski definition) is 1. The molecule has 0 amide bonds. The van der Waals surface area contributed by atoms with E-state index in [0.717, 1.165) is 11.3 Å². The largest absolute Gasteiger partial charge is 0.443 e. The summed E-state index contributed by atoms with van der Waals surface area (Å²) in [5, 5.41) is 10.1. The molecule has 2 rings (SSSR count). The Labute approximate surface area is 88.4 Å². The van der Waals surface area contributed by atoms with Gasteiger partial charge < -0.3 is 9.52 Å². The molecule has 1 aromatic heterocycles. The summed E-state index contributed by atoms with van der Waals surface area (Å²) in [5.74, 6) is 1.11. The predicted molar refractivity (Wildman–Crippen MR) is 56.5 cm³/mol. The average Bonchev–Trinajstić information content (AvgIpc) is 2.58. The van der Waals surface area contributed by atoms with Crippen molar-refractivity contribution in [3.63, 3.8) is 0 Å². The Bertz CT molecular complexity index is 448. The Morgan fingerprint density at radius 2 is 1.87 bits per heavy atom. The third kappa shape index (κ3) is 1.92. The summed E-state index contributed by atoms with van der Waals surface area (Å²) in [6, 6.07) is 9.41. The molecule has 0 fully saturated rings. The van der Waals surface area contributed by atoms with Crippen molar-refractivity contribution in [2.75, 3.05) is 0 Å². The molecule has 1 N–H and O–H groups in total. The molecule has 0 saturated heterocycles. The van der Waals surface area contributed by atoms with Crippen molar-refractivity contribution >= 4 is 0 Å². The second-order valence-corrected chi connectivity index (χ2v) is 3.50. The van der Waals surface area contributed by atoms with Gasteiger partial charge in [-0.3, -0.25) is 0 Å². The molecule has 0 bridgehead atoms. The van der Waals surface area contributed by atoms with E-state index in [9.17, 15) is 5.11 Å². The van der Waals surface area contributed by atoms with Crippen LogP contribution in [0.3, 0.4) is 0 Å². The molecule has 1 aromatic carbocycles. The van der Waals surface area contributed by atoms with Crippen molar-refractivity contribution in [1.29, 1.82) is 0 Å². The van der Waals surface area contributed by atoms with Crippen molar-refractivity contribution in [1.82, 2.24) is 4.98 Å². The Morgan fingerprint density at radius 1 is 1.20 bits per heavy atom. The summed E-state index contributed by atoms with van der Waals surface area (Å²) >= 11 is 0. The van der Waals surface area contributed by atoms with E-state index >= 15 is 0 Å². The van der Waals surface area contributed by atoms with Crippen LogP contribution in [0.5, 0.6) is 0 Å². The number of aromatic nitrogens is 1. The highest BCUT2D eigenvalue weighted by atomic mass is 16.4. The van der Waals surface area contributed by atoms with Crippen LogP contribution < -0.4 is 0 Å². The van der Waals surface area contributed by atoms with Crippen LogP contribution in [0.4, 0.5) is 0 Å². The summed E-state index contributed by atoms with van der Waals surface area (Å²) in [4.78, 5) is 4.13. The highest BCUT2D eigenvalue weighted by Gasteiger charge is 2.17. The lowest BCUT2D eigenvalue weighted by Crippen LogP contribution is -1.99. The van der Waals surface area contributed by atoms with Gasteiger partial charge in [-0.25, -0.2) is 4.98 Å². The first kappa shape index (κ1) is 9.93. The lowest BCUT2D eigenvalue weighted by Gasteiger charge is -2.07. The van der Waals surface area contributed by atoms with Crippen molar-refractivity contribution in [2.24, 2.45) is 0 Å². The Morgan fingerprint density at radius 3 is 2.40 bits per heavy atom. The quantitative estimate of drug-likeness (QED) is 0.815. The van der Waals surface area contributed by atoms with E-state index in [1.54, 1.807) is 6.92 Å². The normalized spacial score (nSPS) is 12.7. The molecule has 15 heavy (non-hydrogen) atoms. The molecule has 3 heteroatoms. The molecular formula is C12H13NO2. The van der Waals surface area contributed by atoms with E-state index in [2.05, 4.69) is 4.98 Å². The second kappa shape index (κ2) is 3.87. The first-order valence-electron chi connectivity index (χ1n) is 4.85. The average molecular weight is 203 g/mol. The van der Waals surface area contributed by atoms with Gasteiger partial charge in [0.2, 0.25) is 0 Å². The predicted octanol–water partition coefficient (Wildman–Crippen LogP) is 2.37. The number of aryl methyl sites for hydroxylation is 2. The van der Waals surface area contributed by atoms with E-state index in [4.69, 9.17) is 4.42 Å². The zero-order valence-corrected chi connectivity index (χ0v) is 8.77. The number of hydrogen-bond acceptors (Lipinski definition) is 3. The van der Waals surface area contributed by atoms with E-state index in [1.165, 1.54) is 0 Å². The highest BCUT2D eigenvalue weighted by molar-refractivity contribution is 5.26. The molecule has 1 heterocycles. The van der Waals surface area contributed by atoms with Gasteiger partial charge in [0.05, 0.1) is 5.69 Å². The fourth-order valence-corrected chi connectivity index (χ4v) is 1.59. The van der Waals surface area contributed by atoms with Gasteiger partial charge in [-0.2, -0.15) is 0 Å². The molecular weight excluding hydrogens is 190 g/mol. The molecule has 78 valence electrons. The molecule has 2 aromatic rings. The Hall–Kier alpha value is -1.61. The number of aliphatic hydroxyl groups is 1. The van der Waals surface area contributed by atoms with Crippen molar-refractivity contribution in [2.45, 2.75) is 20.0 Å². The zero-order valence-electron chi connectivity index (χ0n) is 8.77. The standard InChI is InChI=1S/C12H13NO2/c1-8-12(15-9(2)13-8)11(14)10-6-4-3-5-7-10/h3-7,11,14H,1-2H3. The van der Waals surface area contributed by atoms with Crippen LogP contribution in [-0.4, -0.2) is 10.1 Å². The third-order valence-electron chi connectivity index (χ3n) is 2.30. The zero-order chi connectivity index (χ0) is 10.8. The fraction of sp³-hybridized carbons (Fsp3) is 0.250. The van der Waals surface area contributed by atoms with Gasteiger partial charge in [-0.1, -0.05) is 30.3 Å². The van der Waals surface area contributed by atoms with Gasteiger partial charge in [-0.15, -0.1) is 0 Å². The molecule has 1 unspecified atom stereocenters. The molecule has 0 saturated carbocycles. The van der Waals surface area contributed by atoms with Gasteiger partial charge in [0.1, 0.15) is 6.10 Å². The van der Waals surface area contributed by atoms with E-state index < -0.39 is 6.10 Å².